The fourth-order valence-corrected chi connectivity index (χ4v) is 3.59. The second-order valence-corrected chi connectivity index (χ2v) is 7.27. The summed E-state index contributed by atoms with van der Waals surface area (Å²) in [5.74, 6) is 1.41. The van der Waals surface area contributed by atoms with Crippen LogP contribution < -0.4 is 10.6 Å². The fraction of sp³-hybridized carbons (Fsp3) is 0.706. The summed E-state index contributed by atoms with van der Waals surface area (Å²) in [5, 5.41) is 9.01. The van der Waals surface area contributed by atoms with Crippen molar-refractivity contribution in [1.29, 1.82) is 0 Å². The number of hydrogen-bond donors (Lipinski definition) is 2. The first kappa shape index (κ1) is 21.7. The number of likely N-dealkylation sites (N-methyl/N-ethyl adjacent to an activating group) is 1. The predicted octanol–water partition coefficient (Wildman–Crippen LogP) is 2.27. The first-order valence-electron chi connectivity index (χ1n) is 8.58. The maximum absolute atomic E-state index is 4.33. The number of hydrogen-bond acceptors (Lipinski definition) is 4. The standard InChI is InChI=1S/C17H31N5S.HI/c1-15(16-6-4-13-23-16)14-20-17(18-2)19-7-10-22-9-5-8-21(3)11-12-22;/h4,6,13,15H,5,7-12,14H2,1-3H3,(H2,18,19,20);1H. The number of nitrogens with zero attached hydrogens (tertiary/aromatic N) is 3. The molecule has 0 aliphatic carbocycles. The predicted molar refractivity (Wildman–Crippen MR) is 116 cm³/mol. The Morgan fingerprint density at radius 3 is 2.83 bits per heavy atom. The van der Waals surface area contributed by atoms with Gasteiger partial charge in [-0.3, -0.25) is 4.99 Å². The van der Waals surface area contributed by atoms with E-state index < -0.39 is 0 Å². The Morgan fingerprint density at radius 1 is 1.29 bits per heavy atom. The smallest absolute Gasteiger partial charge is 0.191 e. The van der Waals surface area contributed by atoms with E-state index in [1.807, 2.05) is 18.4 Å². The molecule has 0 spiro atoms. The average molecular weight is 465 g/mol. The summed E-state index contributed by atoms with van der Waals surface area (Å²) in [5.41, 5.74) is 0. The fourth-order valence-electron chi connectivity index (χ4n) is 2.80. The van der Waals surface area contributed by atoms with Gasteiger partial charge in [0.2, 0.25) is 0 Å². The summed E-state index contributed by atoms with van der Waals surface area (Å²) >= 11 is 1.82. The van der Waals surface area contributed by atoms with E-state index in [1.54, 1.807) is 0 Å². The van der Waals surface area contributed by atoms with Gasteiger partial charge in [0.05, 0.1) is 0 Å². The number of halogens is 1. The third kappa shape index (κ3) is 7.67. The highest BCUT2D eigenvalue weighted by Crippen LogP contribution is 2.19. The lowest BCUT2D eigenvalue weighted by Crippen LogP contribution is -2.43. The Kier molecular flexibility index (Phi) is 10.9. The molecular weight excluding hydrogens is 433 g/mol. The molecule has 2 N–H and O–H groups in total. The molecule has 138 valence electrons. The number of guanidine groups is 1. The first-order valence-corrected chi connectivity index (χ1v) is 9.46. The highest BCUT2D eigenvalue weighted by atomic mass is 127. The highest BCUT2D eigenvalue weighted by molar-refractivity contribution is 14.0. The maximum atomic E-state index is 4.33. The van der Waals surface area contributed by atoms with E-state index in [1.165, 1.54) is 37.5 Å². The van der Waals surface area contributed by atoms with Crippen LogP contribution in [0.2, 0.25) is 0 Å². The van der Waals surface area contributed by atoms with Gasteiger partial charge in [-0.25, -0.2) is 0 Å². The van der Waals surface area contributed by atoms with Crippen LogP contribution in [0.5, 0.6) is 0 Å². The quantitative estimate of drug-likeness (QED) is 0.385. The molecular formula is C17H32IN5S. The molecule has 1 aliphatic heterocycles. The van der Waals surface area contributed by atoms with Crippen molar-refractivity contribution in [2.24, 2.45) is 4.99 Å². The van der Waals surface area contributed by atoms with Gasteiger partial charge in [-0.15, -0.1) is 35.3 Å². The molecule has 5 nitrogen and oxygen atoms in total. The van der Waals surface area contributed by atoms with Gasteiger partial charge in [0, 0.05) is 50.6 Å². The van der Waals surface area contributed by atoms with Gasteiger partial charge >= 0.3 is 0 Å². The molecule has 1 aliphatic rings. The largest absolute Gasteiger partial charge is 0.356 e. The van der Waals surface area contributed by atoms with Crippen LogP contribution in [0.1, 0.15) is 24.1 Å². The molecule has 2 rings (SSSR count). The molecule has 1 saturated heterocycles. The monoisotopic (exact) mass is 465 g/mol. The third-order valence-electron chi connectivity index (χ3n) is 4.36. The molecule has 24 heavy (non-hydrogen) atoms. The Labute approximate surface area is 167 Å². The summed E-state index contributed by atoms with van der Waals surface area (Å²) in [6.07, 6.45) is 1.27. The van der Waals surface area contributed by atoms with Crippen LogP contribution in [0.15, 0.2) is 22.5 Å². The van der Waals surface area contributed by atoms with Gasteiger partial charge in [0.25, 0.3) is 0 Å². The van der Waals surface area contributed by atoms with E-state index in [0.717, 1.165) is 25.6 Å². The van der Waals surface area contributed by atoms with Gasteiger partial charge in [0.15, 0.2) is 5.96 Å². The lowest BCUT2D eigenvalue weighted by atomic mass is 10.1. The third-order valence-corrected chi connectivity index (χ3v) is 5.46. The minimum atomic E-state index is 0. The Hall–Kier alpha value is -0.380. The molecule has 1 aromatic heterocycles. The van der Waals surface area contributed by atoms with Crippen molar-refractivity contribution in [1.82, 2.24) is 20.4 Å². The number of nitrogens with one attached hydrogen (secondary N) is 2. The van der Waals surface area contributed by atoms with Crippen molar-refractivity contribution >= 4 is 41.3 Å². The zero-order chi connectivity index (χ0) is 16.5. The van der Waals surface area contributed by atoms with Crippen LogP contribution in [0, 0.1) is 0 Å². The van der Waals surface area contributed by atoms with Crippen LogP contribution in [0.4, 0.5) is 0 Å². The molecule has 0 saturated carbocycles. The number of aliphatic imine (C=N–C) groups is 1. The minimum absolute atomic E-state index is 0. The molecule has 7 heteroatoms. The molecule has 1 atom stereocenters. The molecule has 0 radical (unpaired) electrons. The Morgan fingerprint density at radius 2 is 2.12 bits per heavy atom. The van der Waals surface area contributed by atoms with E-state index in [2.05, 4.69) is 56.9 Å². The lowest BCUT2D eigenvalue weighted by molar-refractivity contribution is 0.280. The van der Waals surface area contributed by atoms with E-state index in [-0.39, 0.29) is 24.0 Å². The van der Waals surface area contributed by atoms with Crippen LogP contribution >= 0.6 is 35.3 Å². The Bertz CT molecular complexity index is 466. The Balaban J connectivity index is 0.00000288. The van der Waals surface area contributed by atoms with Crippen molar-refractivity contribution in [2.75, 3.05) is 59.9 Å². The molecule has 1 unspecified atom stereocenters. The number of rotatable bonds is 6. The topological polar surface area (TPSA) is 42.9 Å². The zero-order valence-electron chi connectivity index (χ0n) is 15.1. The van der Waals surface area contributed by atoms with Gasteiger partial charge in [-0.05, 0) is 38.0 Å². The van der Waals surface area contributed by atoms with Gasteiger partial charge in [0.1, 0.15) is 0 Å². The molecule has 0 bridgehead atoms. The van der Waals surface area contributed by atoms with Crippen molar-refractivity contribution in [3.8, 4) is 0 Å². The summed E-state index contributed by atoms with van der Waals surface area (Å²) in [4.78, 5) is 10.7. The summed E-state index contributed by atoms with van der Waals surface area (Å²) in [6, 6.07) is 4.31. The van der Waals surface area contributed by atoms with Crippen molar-refractivity contribution in [3.05, 3.63) is 22.4 Å². The zero-order valence-corrected chi connectivity index (χ0v) is 18.3. The molecule has 1 fully saturated rings. The second-order valence-electron chi connectivity index (χ2n) is 6.29. The molecule has 0 amide bonds. The van der Waals surface area contributed by atoms with E-state index in [0.29, 0.717) is 5.92 Å². The summed E-state index contributed by atoms with van der Waals surface area (Å²) in [7, 11) is 4.05. The minimum Gasteiger partial charge on any atom is -0.356 e. The summed E-state index contributed by atoms with van der Waals surface area (Å²) < 4.78 is 0. The number of thiophene rings is 1. The molecule has 0 aromatic carbocycles. The summed E-state index contributed by atoms with van der Waals surface area (Å²) in [6.45, 7) is 9.94. The van der Waals surface area contributed by atoms with Gasteiger partial charge in [-0.2, -0.15) is 0 Å². The SMILES string of the molecule is CN=C(NCCN1CCCN(C)CC1)NCC(C)c1cccs1.I. The van der Waals surface area contributed by atoms with Crippen molar-refractivity contribution in [3.63, 3.8) is 0 Å². The second kappa shape index (κ2) is 12.1. The van der Waals surface area contributed by atoms with Crippen molar-refractivity contribution < 1.29 is 0 Å². The van der Waals surface area contributed by atoms with Gasteiger partial charge in [-0.1, -0.05) is 13.0 Å². The molecule has 1 aromatic rings. The first-order chi connectivity index (χ1) is 11.2. The highest BCUT2D eigenvalue weighted by Gasteiger charge is 2.12. The van der Waals surface area contributed by atoms with E-state index in [4.69, 9.17) is 0 Å². The maximum Gasteiger partial charge on any atom is 0.191 e. The van der Waals surface area contributed by atoms with Crippen LogP contribution in [0.3, 0.4) is 0 Å². The van der Waals surface area contributed by atoms with E-state index >= 15 is 0 Å². The lowest BCUT2D eigenvalue weighted by Gasteiger charge is -2.21. The van der Waals surface area contributed by atoms with Crippen LogP contribution in [-0.4, -0.2) is 75.7 Å². The average Bonchev–Trinajstić information content (AvgIpc) is 3.01. The van der Waals surface area contributed by atoms with E-state index in [9.17, 15) is 0 Å². The van der Waals surface area contributed by atoms with Crippen LogP contribution in [0.25, 0.3) is 0 Å². The van der Waals surface area contributed by atoms with Gasteiger partial charge < -0.3 is 20.4 Å². The normalized spacial score (nSPS) is 18.5. The molecule has 2 heterocycles. The van der Waals surface area contributed by atoms with Crippen molar-refractivity contribution in [2.45, 2.75) is 19.3 Å². The van der Waals surface area contributed by atoms with Crippen LogP contribution in [-0.2, 0) is 0 Å².